The van der Waals surface area contributed by atoms with Gasteiger partial charge in [-0.25, -0.2) is 0 Å². The molecule has 4 rings (SSSR count). The number of aryl methyl sites for hydroxylation is 1. The Morgan fingerprint density at radius 2 is 2.04 bits per heavy atom. The molecule has 0 aliphatic heterocycles. The number of ether oxygens (including phenoxy) is 1. The Morgan fingerprint density at radius 3 is 2.81 bits per heavy atom. The number of fused-ring (bicyclic) bond motifs is 3. The normalized spacial score (nSPS) is 11.2. The first-order valence-electron chi connectivity index (χ1n) is 7.91. The fourth-order valence-corrected chi connectivity index (χ4v) is 3.35. The fourth-order valence-electron chi connectivity index (χ4n) is 3.14. The summed E-state index contributed by atoms with van der Waals surface area (Å²) in [7, 11) is 0. The first kappa shape index (κ1) is 16.3. The molecule has 0 radical (unpaired) electrons. The van der Waals surface area contributed by atoms with Crippen molar-refractivity contribution in [3.05, 3.63) is 64.6 Å². The Hall–Kier alpha value is -3.19. The smallest absolute Gasteiger partial charge is 0.237 e. The Bertz CT molecular complexity index is 1160. The first-order chi connectivity index (χ1) is 12.6. The Kier molecular flexibility index (Phi) is 3.93. The van der Waals surface area contributed by atoms with Gasteiger partial charge in [0.2, 0.25) is 5.90 Å². The largest absolute Gasteiger partial charge is 0.426 e. The Labute approximate surface area is 153 Å². The summed E-state index contributed by atoms with van der Waals surface area (Å²) in [4.78, 5) is 0. The van der Waals surface area contributed by atoms with E-state index >= 15 is 0 Å². The van der Waals surface area contributed by atoms with Crippen molar-refractivity contribution < 1.29 is 4.74 Å². The number of pyridine rings is 1. The SMILES string of the molecule is Cc1nnc2ccc3c(cc(C(=N)OC=N)n3Cc3cccc(Cl)c3)n12. The zero-order valence-electron chi connectivity index (χ0n) is 13.9. The number of hydrogen-bond acceptors (Lipinski definition) is 5. The maximum Gasteiger partial charge on any atom is 0.237 e. The lowest BCUT2D eigenvalue weighted by molar-refractivity contribution is 0.553. The minimum absolute atomic E-state index is 0.0999. The van der Waals surface area contributed by atoms with Gasteiger partial charge in [0.25, 0.3) is 0 Å². The van der Waals surface area contributed by atoms with Crippen LogP contribution in [0.2, 0.25) is 5.02 Å². The molecule has 26 heavy (non-hydrogen) atoms. The highest BCUT2D eigenvalue weighted by molar-refractivity contribution is 6.30. The Morgan fingerprint density at radius 1 is 1.19 bits per heavy atom. The molecule has 0 saturated carbocycles. The summed E-state index contributed by atoms with van der Waals surface area (Å²) in [5.41, 5.74) is 4.08. The van der Waals surface area contributed by atoms with Crippen molar-refractivity contribution in [2.75, 3.05) is 0 Å². The van der Waals surface area contributed by atoms with Gasteiger partial charge in [-0.2, -0.15) is 0 Å². The molecule has 0 fully saturated rings. The number of nitrogens with one attached hydrogen (secondary N) is 2. The highest BCUT2D eigenvalue weighted by atomic mass is 35.5. The van der Waals surface area contributed by atoms with Crippen LogP contribution in [0, 0.1) is 17.7 Å². The van der Waals surface area contributed by atoms with Gasteiger partial charge >= 0.3 is 0 Å². The number of benzene rings is 1. The van der Waals surface area contributed by atoms with Gasteiger partial charge in [-0.05, 0) is 42.8 Å². The maximum atomic E-state index is 8.17. The molecular formula is C18H15ClN6O. The lowest BCUT2D eigenvalue weighted by Crippen LogP contribution is -2.12. The quantitative estimate of drug-likeness (QED) is 0.426. The van der Waals surface area contributed by atoms with E-state index in [9.17, 15) is 0 Å². The molecule has 130 valence electrons. The van der Waals surface area contributed by atoms with Crippen LogP contribution in [0.15, 0.2) is 42.5 Å². The maximum absolute atomic E-state index is 8.17. The number of halogens is 1. The van der Waals surface area contributed by atoms with Crippen molar-refractivity contribution in [1.29, 1.82) is 10.8 Å². The number of hydrogen-bond donors (Lipinski definition) is 2. The summed E-state index contributed by atoms with van der Waals surface area (Å²) in [6.07, 6.45) is 0.753. The predicted molar refractivity (Wildman–Crippen MR) is 100 cm³/mol. The highest BCUT2D eigenvalue weighted by Gasteiger charge is 2.17. The molecule has 0 saturated heterocycles. The molecule has 0 aliphatic carbocycles. The molecule has 8 heteroatoms. The van der Waals surface area contributed by atoms with Crippen molar-refractivity contribution in [2.24, 2.45) is 0 Å². The number of nitrogens with zero attached hydrogens (tertiary/aromatic N) is 4. The zero-order valence-corrected chi connectivity index (χ0v) is 14.7. The standard InChI is InChI=1S/C18H15ClN6O/c1-11-22-23-17-6-5-14-15(25(11)17)8-16(18(21)26-10-20)24(14)9-12-3-2-4-13(19)7-12/h2-8,10,20-21H,9H2,1H3. The van der Waals surface area contributed by atoms with E-state index in [1.54, 1.807) is 0 Å². The van der Waals surface area contributed by atoms with E-state index in [1.165, 1.54) is 0 Å². The van der Waals surface area contributed by atoms with Crippen LogP contribution in [0.1, 0.15) is 17.1 Å². The minimum atomic E-state index is -0.0999. The van der Waals surface area contributed by atoms with Gasteiger partial charge in [0.05, 0.1) is 11.0 Å². The van der Waals surface area contributed by atoms with Crippen molar-refractivity contribution in [3.8, 4) is 0 Å². The summed E-state index contributed by atoms with van der Waals surface area (Å²) in [5, 5.41) is 24.2. The van der Waals surface area contributed by atoms with Gasteiger partial charge in [-0.15, -0.1) is 10.2 Å². The average molecular weight is 367 g/mol. The molecule has 0 bridgehead atoms. The highest BCUT2D eigenvalue weighted by Crippen LogP contribution is 2.25. The van der Waals surface area contributed by atoms with E-state index in [4.69, 9.17) is 27.2 Å². The molecule has 0 unspecified atom stereocenters. The molecule has 7 nitrogen and oxygen atoms in total. The molecule has 4 aromatic rings. The molecule has 0 spiro atoms. The summed E-state index contributed by atoms with van der Waals surface area (Å²) in [5.74, 6) is 0.661. The second-order valence-corrected chi connectivity index (χ2v) is 6.29. The van der Waals surface area contributed by atoms with E-state index < -0.39 is 0 Å². The lowest BCUT2D eigenvalue weighted by atomic mass is 10.2. The van der Waals surface area contributed by atoms with Gasteiger partial charge in [0.1, 0.15) is 11.5 Å². The van der Waals surface area contributed by atoms with Crippen LogP contribution >= 0.6 is 11.6 Å². The summed E-state index contributed by atoms with van der Waals surface area (Å²) in [6, 6.07) is 13.3. The molecule has 0 aliphatic rings. The van der Waals surface area contributed by atoms with Crippen LogP contribution in [-0.2, 0) is 11.3 Å². The van der Waals surface area contributed by atoms with Crippen LogP contribution in [0.25, 0.3) is 16.7 Å². The third-order valence-electron chi connectivity index (χ3n) is 4.24. The topological polar surface area (TPSA) is 92.1 Å². The van der Waals surface area contributed by atoms with Crippen LogP contribution in [0.3, 0.4) is 0 Å². The van der Waals surface area contributed by atoms with E-state index in [0.29, 0.717) is 17.3 Å². The number of rotatable bonds is 4. The molecule has 0 atom stereocenters. The second kappa shape index (κ2) is 6.27. The third-order valence-corrected chi connectivity index (χ3v) is 4.47. The molecular weight excluding hydrogens is 352 g/mol. The van der Waals surface area contributed by atoms with Gasteiger partial charge in [-0.1, -0.05) is 23.7 Å². The lowest BCUT2D eigenvalue weighted by Gasteiger charge is -2.11. The molecule has 3 aromatic heterocycles. The van der Waals surface area contributed by atoms with Gasteiger partial charge in [0.15, 0.2) is 12.0 Å². The van der Waals surface area contributed by atoms with Crippen LogP contribution < -0.4 is 0 Å². The predicted octanol–water partition coefficient (Wildman–Crippen LogP) is 3.64. The average Bonchev–Trinajstić information content (AvgIpc) is 3.16. The van der Waals surface area contributed by atoms with Gasteiger partial charge < -0.3 is 9.30 Å². The van der Waals surface area contributed by atoms with E-state index in [1.807, 2.05) is 58.4 Å². The molecule has 1 aromatic carbocycles. The van der Waals surface area contributed by atoms with Crippen molar-refractivity contribution >= 4 is 40.6 Å². The molecule has 0 amide bonds. The van der Waals surface area contributed by atoms with Crippen molar-refractivity contribution in [1.82, 2.24) is 19.2 Å². The zero-order chi connectivity index (χ0) is 18.3. The van der Waals surface area contributed by atoms with Crippen molar-refractivity contribution in [2.45, 2.75) is 13.5 Å². The monoisotopic (exact) mass is 366 g/mol. The van der Waals surface area contributed by atoms with E-state index in [0.717, 1.165) is 34.5 Å². The first-order valence-corrected chi connectivity index (χ1v) is 8.29. The van der Waals surface area contributed by atoms with Crippen LogP contribution in [-0.4, -0.2) is 31.5 Å². The molecule has 3 heterocycles. The number of aromatic nitrogens is 4. The van der Waals surface area contributed by atoms with Gasteiger partial charge in [0, 0.05) is 11.6 Å². The third kappa shape index (κ3) is 2.62. The minimum Gasteiger partial charge on any atom is -0.426 e. The van der Waals surface area contributed by atoms with E-state index in [2.05, 4.69) is 10.2 Å². The second-order valence-electron chi connectivity index (χ2n) is 5.86. The van der Waals surface area contributed by atoms with Crippen LogP contribution in [0.4, 0.5) is 0 Å². The van der Waals surface area contributed by atoms with E-state index in [-0.39, 0.29) is 5.90 Å². The van der Waals surface area contributed by atoms with Gasteiger partial charge in [-0.3, -0.25) is 15.2 Å². The molecule has 2 N–H and O–H groups in total. The van der Waals surface area contributed by atoms with Crippen LogP contribution in [0.5, 0.6) is 0 Å². The summed E-state index contributed by atoms with van der Waals surface area (Å²) >= 11 is 6.11. The van der Waals surface area contributed by atoms with Crippen molar-refractivity contribution in [3.63, 3.8) is 0 Å². The fraction of sp³-hybridized carbons (Fsp3) is 0.111. The summed E-state index contributed by atoms with van der Waals surface area (Å²) < 4.78 is 8.92. The summed E-state index contributed by atoms with van der Waals surface area (Å²) in [6.45, 7) is 2.39. The Balaban J connectivity index is 1.97.